The highest BCUT2D eigenvalue weighted by atomic mass is 35.5. The lowest BCUT2D eigenvalue weighted by atomic mass is 9.96. The maximum absolute atomic E-state index is 6.38. The lowest BCUT2D eigenvalue weighted by Crippen LogP contribution is -2.36. The van der Waals surface area contributed by atoms with Gasteiger partial charge in [0.25, 0.3) is 0 Å². The average molecular weight is 481 g/mol. The number of thiocarbonyl (C=S) groups is 1. The normalized spacial score (nSPS) is 22.7. The second-order valence-corrected chi connectivity index (χ2v) is 9.83. The Balaban J connectivity index is 1.61. The van der Waals surface area contributed by atoms with Gasteiger partial charge in [0.15, 0.2) is 5.11 Å². The summed E-state index contributed by atoms with van der Waals surface area (Å²) in [5.41, 5.74) is 6.88. The minimum absolute atomic E-state index is 0.0241. The molecule has 2 saturated heterocycles. The number of hydrogen-bond donors (Lipinski definition) is 1. The highest BCUT2D eigenvalue weighted by molar-refractivity contribution is 7.80. The third-order valence-corrected chi connectivity index (χ3v) is 7.41. The summed E-state index contributed by atoms with van der Waals surface area (Å²) in [5.74, 6) is 0. The van der Waals surface area contributed by atoms with Gasteiger partial charge in [-0.05, 0) is 87.3 Å². The fraction of sp³-hybridized carbons (Fsp3) is 0.385. The van der Waals surface area contributed by atoms with Crippen LogP contribution >= 0.6 is 23.8 Å². The van der Waals surface area contributed by atoms with Gasteiger partial charge in [-0.3, -0.25) is 4.98 Å². The van der Waals surface area contributed by atoms with E-state index >= 15 is 0 Å². The Bertz CT molecular complexity index is 1170. The van der Waals surface area contributed by atoms with Crippen LogP contribution in [0.5, 0.6) is 0 Å². The fourth-order valence-electron chi connectivity index (χ4n) is 5.23. The first kappa shape index (κ1) is 22.4. The van der Waals surface area contributed by atoms with E-state index in [4.69, 9.17) is 28.6 Å². The summed E-state index contributed by atoms with van der Waals surface area (Å²) in [6, 6.07) is 14.4. The first-order valence-electron chi connectivity index (χ1n) is 11.5. The van der Waals surface area contributed by atoms with Gasteiger partial charge in [-0.15, -0.1) is 0 Å². The zero-order valence-electron chi connectivity index (χ0n) is 19.2. The van der Waals surface area contributed by atoms with Crippen LogP contribution in [0.15, 0.2) is 48.7 Å². The van der Waals surface area contributed by atoms with Crippen molar-refractivity contribution in [2.24, 2.45) is 0 Å². The standard InChI is InChI=1S/C26H29ClN4OS/c1-16-9-10-19(27)14-23(16)31-17(2)13-21(18(31)3)25-24(22-8-4-5-11-28-22)29-26(33)30(25)15-20-7-6-12-32-20/h4-5,8-11,13-14,20,24-25H,6-7,12,15H2,1-3H3,(H,29,33)/t20-,24+,25-/m1/s1. The van der Waals surface area contributed by atoms with Crippen LogP contribution in [-0.4, -0.2) is 38.8 Å². The minimum Gasteiger partial charge on any atom is -0.376 e. The molecule has 4 heterocycles. The van der Waals surface area contributed by atoms with E-state index in [1.54, 1.807) is 0 Å². The molecule has 5 rings (SSSR count). The van der Waals surface area contributed by atoms with Crippen molar-refractivity contribution < 1.29 is 4.74 Å². The van der Waals surface area contributed by atoms with Crippen LogP contribution in [0.1, 0.15) is 53.1 Å². The lowest BCUT2D eigenvalue weighted by molar-refractivity contribution is 0.0842. The van der Waals surface area contributed by atoms with Crippen molar-refractivity contribution >= 4 is 28.9 Å². The molecule has 1 N–H and O–H groups in total. The topological polar surface area (TPSA) is 42.3 Å². The number of ether oxygens (including phenoxy) is 1. The Morgan fingerprint density at radius 3 is 2.76 bits per heavy atom. The zero-order chi connectivity index (χ0) is 23.1. The molecule has 1 aromatic carbocycles. The number of nitrogens with zero attached hydrogens (tertiary/aromatic N) is 3. The average Bonchev–Trinajstić information content (AvgIpc) is 3.50. The maximum atomic E-state index is 6.38. The van der Waals surface area contributed by atoms with Crippen molar-refractivity contribution in [2.45, 2.75) is 51.8 Å². The predicted octanol–water partition coefficient (Wildman–Crippen LogP) is 5.60. The molecular weight excluding hydrogens is 452 g/mol. The van der Waals surface area contributed by atoms with Crippen LogP contribution in [0.4, 0.5) is 0 Å². The number of nitrogens with one attached hydrogen (secondary N) is 1. The van der Waals surface area contributed by atoms with Crippen LogP contribution in [-0.2, 0) is 4.74 Å². The molecule has 3 aromatic rings. The first-order valence-corrected chi connectivity index (χ1v) is 12.3. The summed E-state index contributed by atoms with van der Waals surface area (Å²) in [5, 5.41) is 5.06. The number of halogens is 1. The molecule has 0 amide bonds. The van der Waals surface area contributed by atoms with Gasteiger partial charge in [-0.25, -0.2) is 0 Å². The number of pyridine rings is 1. The summed E-state index contributed by atoms with van der Waals surface area (Å²) in [4.78, 5) is 6.98. The Hall–Kier alpha value is -2.41. The second-order valence-electron chi connectivity index (χ2n) is 9.01. The summed E-state index contributed by atoms with van der Waals surface area (Å²) in [6.45, 7) is 8.06. The van der Waals surface area contributed by atoms with Gasteiger partial charge in [0.05, 0.1) is 23.9 Å². The SMILES string of the molecule is Cc1ccc(Cl)cc1-n1c(C)cc([C@@H]2[C@H](c3ccccn3)NC(=S)N2C[C@H]2CCCO2)c1C. The van der Waals surface area contributed by atoms with Gasteiger partial charge in [0.1, 0.15) is 0 Å². The largest absolute Gasteiger partial charge is 0.376 e. The summed E-state index contributed by atoms with van der Waals surface area (Å²) in [6.07, 6.45) is 4.22. The molecule has 0 saturated carbocycles. The van der Waals surface area contributed by atoms with E-state index in [1.807, 2.05) is 30.5 Å². The van der Waals surface area contributed by atoms with Crippen molar-refractivity contribution in [2.75, 3.05) is 13.2 Å². The Morgan fingerprint density at radius 2 is 2.03 bits per heavy atom. The molecule has 2 fully saturated rings. The number of rotatable bonds is 5. The molecule has 33 heavy (non-hydrogen) atoms. The van der Waals surface area contributed by atoms with E-state index in [0.717, 1.165) is 47.5 Å². The monoisotopic (exact) mass is 480 g/mol. The lowest BCUT2D eigenvalue weighted by Gasteiger charge is -2.30. The fourth-order valence-corrected chi connectivity index (χ4v) is 5.71. The van der Waals surface area contributed by atoms with Crippen LogP contribution in [0.25, 0.3) is 5.69 Å². The van der Waals surface area contributed by atoms with Crippen LogP contribution in [0.3, 0.4) is 0 Å². The molecular formula is C26H29ClN4OS. The van der Waals surface area contributed by atoms with Crippen molar-refractivity contribution in [3.63, 3.8) is 0 Å². The number of benzene rings is 1. The number of aryl methyl sites for hydroxylation is 2. The number of hydrogen-bond acceptors (Lipinski definition) is 3. The Labute approximate surface area is 205 Å². The highest BCUT2D eigenvalue weighted by Gasteiger charge is 2.42. The molecule has 0 aliphatic carbocycles. The van der Waals surface area contributed by atoms with Crippen molar-refractivity contribution in [3.05, 3.63) is 81.9 Å². The van der Waals surface area contributed by atoms with Gasteiger partial charge in [0, 0.05) is 41.4 Å². The molecule has 3 atom stereocenters. The van der Waals surface area contributed by atoms with E-state index in [0.29, 0.717) is 0 Å². The van der Waals surface area contributed by atoms with Gasteiger partial charge in [0.2, 0.25) is 0 Å². The van der Waals surface area contributed by atoms with Crippen molar-refractivity contribution in [1.29, 1.82) is 0 Å². The second kappa shape index (κ2) is 9.09. The molecule has 172 valence electrons. The summed E-state index contributed by atoms with van der Waals surface area (Å²) < 4.78 is 8.28. The quantitative estimate of drug-likeness (QED) is 0.481. The van der Waals surface area contributed by atoms with Gasteiger partial charge in [-0.1, -0.05) is 23.7 Å². The maximum Gasteiger partial charge on any atom is 0.170 e. The molecule has 2 aliphatic heterocycles. The number of aromatic nitrogens is 2. The first-order chi connectivity index (χ1) is 15.9. The zero-order valence-corrected chi connectivity index (χ0v) is 20.8. The molecule has 2 aromatic heterocycles. The molecule has 0 radical (unpaired) electrons. The van der Waals surface area contributed by atoms with Gasteiger partial charge in [-0.2, -0.15) is 0 Å². The predicted molar refractivity (Wildman–Crippen MR) is 136 cm³/mol. The minimum atomic E-state index is -0.0329. The Morgan fingerprint density at radius 1 is 1.18 bits per heavy atom. The van der Waals surface area contributed by atoms with Gasteiger partial charge >= 0.3 is 0 Å². The van der Waals surface area contributed by atoms with E-state index < -0.39 is 0 Å². The van der Waals surface area contributed by atoms with Crippen molar-refractivity contribution in [1.82, 2.24) is 19.8 Å². The summed E-state index contributed by atoms with van der Waals surface area (Å²) >= 11 is 12.2. The molecule has 5 nitrogen and oxygen atoms in total. The van der Waals surface area contributed by atoms with E-state index in [1.165, 1.54) is 22.5 Å². The van der Waals surface area contributed by atoms with E-state index in [2.05, 4.69) is 58.7 Å². The van der Waals surface area contributed by atoms with Crippen LogP contribution in [0, 0.1) is 20.8 Å². The molecule has 2 aliphatic rings. The van der Waals surface area contributed by atoms with Gasteiger partial charge < -0.3 is 19.5 Å². The van der Waals surface area contributed by atoms with Crippen LogP contribution in [0.2, 0.25) is 5.02 Å². The molecule has 0 unspecified atom stereocenters. The smallest absolute Gasteiger partial charge is 0.170 e. The third-order valence-electron chi connectivity index (χ3n) is 6.82. The third kappa shape index (κ3) is 4.16. The van der Waals surface area contributed by atoms with E-state index in [9.17, 15) is 0 Å². The van der Waals surface area contributed by atoms with E-state index in [-0.39, 0.29) is 18.2 Å². The Kier molecular flexibility index (Phi) is 6.16. The van der Waals surface area contributed by atoms with Crippen molar-refractivity contribution in [3.8, 4) is 5.69 Å². The molecule has 7 heteroatoms. The summed E-state index contributed by atoms with van der Waals surface area (Å²) in [7, 11) is 0. The van der Waals surface area contributed by atoms with Crippen LogP contribution < -0.4 is 5.32 Å². The molecule has 0 bridgehead atoms. The highest BCUT2D eigenvalue weighted by Crippen LogP contribution is 2.42. The molecule has 0 spiro atoms.